The molecule has 0 unspecified atom stereocenters. The Hall–Kier alpha value is -3.00. The molecule has 0 atom stereocenters. The zero-order valence-corrected chi connectivity index (χ0v) is 19.9. The maximum absolute atomic E-state index is 11.3. The first kappa shape index (κ1) is 23.7. The quantitative estimate of drug-likeness (QED) is 0.160. The van der Waals surface area contributed by atoms with E-state index in [-0.39, 0.29) is 13.2 Å². The van der Waals surface area contributed by atoms with E-state index in [1.54, 1.807) is 27.8 Å². The van der Waals surface area contributed by atoms with Crippen LogP contribution in [-0.2, 0) is 22.7 Å². The van der Waals surface area contributed by atoms with Gasteiger partial charge in [0.15, 0.2) is 0 Å². The topological polar surface area (TPSA) is 44.8 Å². The van der Waals surface area contributed by atoms with Crippen LogP contribution in [-0.4, -0.2) is 13.3 Å². The van der Waals surface area contributed by atoms with Gasteiger partial charge in [-0.05, 0) is 47.0 Å². The van der Waals surface area contributed by atoms with Crippen molar-refractivity contribution in [3.8, 4) is 16.2 Å². The molecule has 4 rings (SSSR count). The van der Waals surface area contributed by atoms with Crippen molar-refractivity contribution in [1.82, 2.24) is 0 Å². The maximum atomic E-state index is 11.3. The number of rotatable bonds is 6. The number of ether oxygens (including phenoxy) is 3. The molecule has 0 bridgehead atoms. The van der Waals surface area contributed by atoms with Crippen LogP contribution < -0.4 is 4.74 Å². The molecule has 0 spiro atoms. The van der Waals surface area contributed by atoms with Crippen LogP contribution in [0.15, 0.2) is 91.0 Å². The number of methoxy groups -OCH3 is 1. The normalized spacial score (nSPS) is 9.91. The zero-order chi connectivity index (χ0) is 22.6. The average molecular weight is 483 g/mol. The van der Waals surface area contributed by atoms with Crippen molar-refractivity contribution in [2.45, 2.75) is 13.2 Å². The molecular formula is C25H22O4S3. The summed E-state index contributed by atoms with van der Waals surface area (Å²) in [6, 6.07) is 29.0. The minimum absolute atomic E-state index is 0.231. The summed E-state index contributed by atoms with van der Waals surface area (Å²) in [6.07, 6.45) is -0.650. The third-order valence-corrected chi connectivity index (χ3v) is 7.15. The van der Waals surface area contributed by atoms with E-state index in [0.717, 1.165) is 20.7 Å². The summed E-state index contributed by atoms with van der Waals surface area (Å²) >= 11 is 5.09. The number of carbonyl (C=O) groups excluding carboxylic acids is 1. The highest BCUT2D eigenvalue weighted by atomic mass is 32.9. The summed E-state index contributed by atoms with van der Waals surface area (Å²) in [6.45, 7) is 0.461. The van der Waals surface area contributed by atoms with Gasteiger partial charge in [-0.3, -0.25) is 0 Å². The lowest BCUT2D eigenvalue weighted by atomic mass is 10.2. The van der Waals surface area contributed by atoms with Crippen LogP contribution >= 0.6 is 32.9 Å². The zero-order valence-electron chi connectivity index (χ0n) is 17.4. The maximum Gasteiger partial charge on any atom is 0.508 e. The molecular weight excluding hydrogens is 460 g/mol. The predicted octanol–water partition coefficient (Wildman–Crippen LogP) is 7.75. The Kier molecular flexibility index (Phi) is 9.43. The minimum atomic E-state index is -0.650. The van der Waals surface area contributed by atoms with Gasteiger partial charge >= 0.3 is 6.16 Å². The lowest BCUT2D eigenvalue weighted by Gasteiger charge is -2.06. The third kappa shape index (κ3) is 7.92. The summed E-state index contributed by atoms with van der Waals surface area (Å²) in [5.74, 6) is 0.882. The Bertz CT molecular complexity index is 1090. The second kappa shape index (κ2) is 12.8. The highest BCUT2D eigenvalue weighted by molar-refractivity contribution is 7.80. The van der Waals surface area contributed by atoms with Crippen molar-refractivity contribution in [1.29, 1.82) is 0 Å². The van der Waals surface area contributed by atoms with Crippen LogP contribution in [0.2, 0.25) is 0 Å². The molecule has 4 aromatic rings. The van der Waals surface area contributed by atoms with Crippen LogP contribution in [0.4, 0.5) is 4.79 Å². The van der Waals surface area contributed by atoms with Gasteiger partial charge in [0.2, 0.25) is 0 Å². The van der Waals surface area contributed by atoms with Crippen molar-refractivity contribution < 1.29 is 19.0 Å². The highest BCUT2D eigenvalue weighted by Gasteiger charge is 2.04. The van der Waals surface area contributed by atoms with Crippen molar-refractivity contribution in [2.24, 2.45) is 0 Å². The van der Waals surface area contributed by atoms with Gasteiger partial charge in [0.1, 0.15) is 22.8 Å². The minimum Gasteiger partial charge on any atom is -0.497 e. The Labute approximate surface area is 200 Å². The number of benzene rings is 3. The van der Waals surface area contributed by atoms with Gasteiger partial charge in [0, 0.05) is 4.88 Å². The molecule has 0 aliphatic rings. The molecule has 0 aliphatic carbocycles. The van der Waals surface area contributed by atoms with E-state index in [0.29, 0.717) is 0 Å². The van der Waals surface area contributed by atoms with Crippen molar-refractivity contribution in [2.75, 3.05) is 7.11 Å². The molecule has 1 heterocycles. The number of hydrogen-bond acceptors (Lipinski definition) is 7. The summed E-state index contributed by atoms with van der Waals surface area (Å²) in [4.78, 5) is 12.6. The molecule has 7 heteroatoms. The fourth-order valence-corrected chi connectivity index (χ4v) is 5.00. The standard InChI is InChI=1S/C15H14O3.C10H8OS3/c16-15(17-11-13-7-3-1-4-8-13)18-12-14-9-5-2-6-10-14;1-11-8-4-2-7(3-5-8)9-6-10(12)14-13-9/h1-10H,11-12H2;2-6H,1H3. The summed E-state index contributed by atoms with van der Waals surface area (Å²) in [7, 11) is 5.02. The first-order valence-electron chi connectivity index (χ1n) is 9.76. The lowest BCUT2D eigenvalue weighted by molar-refractivity contribution is 0.0446. The predicted molar refractivity (Wildman–Crippen MR) is 133 cm³/mol. The molecule has 0 amide bonds. The van der Waals surface area contributed by atoms with Crippen molar-refractivity contribution in [3.05, 3.63) is 106 Å². The largest absolute Gasteiger partial charge is 0.508 e. The van der Waals surface area contributed by atoms with Gasteiger partial charge in [0.25, 0.3) is 0 Å². The SMILES string of the molecule is COc1ccc(-c2cc(=S)ss2)cc1.O=C(OCc1ccccc1)OCc1ccccc1. The van der Waals surface area contributed by atoms with Gasteiger partial charge in [-0.1, -0.05) is 93.6 Å². The Morgan fingerprint density at radius 3 is 1.75 bits per heavy atom. The van der Waals surface area contributed by atoms with Gasteiger partial charge in [-0.2, -0.15) is 0 Å². The van der Waals surface area contributed by atoms with E-state index in [1.165, 1.54) is 10.4 Å². The molecule has 0 fully saturated rings. The van der Waals surface area contributed by atoms with E-state index in [1.807, 2.05) is 91.0 Å². The summed E-state index contributed by atoms with van der Waals surface area (Å²) < 4.78 is 16.0. The Morgan fingerprint density at radius 1 is 0.781 bits per heavy atom. The molecule has 0 radical (unpaired) electrons. The molecule has 0 saturated carbocycles. The van der Waals surface area contributed by atoms with E-state index >= 15 is 0 Å². The molecule has 3 aromatic carbocycles. The Morgan fingerprint density at radius 2 is 1.31 bits per heavy atom. The number of carbonyl (C=O) groups is 1. The van der Waals surface area contributed by atoms with E-state index in [4.69, 9.17) is 26.4 Å². The van der Waals surface area contributed by atoms with E-state index in [2.05, 4.69) is 0 Å². The van der Waals surface area contributed by atoms with Crippen molar-refractivity contribution in [3.63, 3.8) is 0 Å². The Balaban J connectivity index is 0.000000186. The molecule has 0 N–H and O–H groups in total. The fourth-order valence-electron chi connectivity index (χ4n) is 2.60. The molecule has 0 saturated heterocycles. The molecule has 4 nitrogen and oxygen atoms in total. The third-order valence-electron chi connectivity index (χ3n) is 4.24. The van der Waals surface area contributed by atoms with E-state index in [9.17, 15) is 4.79 Å². The number of hydrogen-bond donors (Lipinski definition) is 0. The van der Waals surface area contributed by atoms with Gasteiger partial charge in [-0.25, -0.2) is 4.79 Å². The first-order chi connectivity index (χ1) is 15.6. The van der Waals surface area contributed by atoms with Gasteiger partial charge < -0.3 is 14.2 Å². The smallest absolute Gasteiger partial charge is 0.497 e. The fraction of sp³-hybridized carbons (Fsp3) is 0.120. The first-order valence-corrected chi connectivity index (χ1v) is 12.3. The average Bonchev–Trinajstić information content (AvgIpc) is 3.29. The summed E-state index contributed by atoms with van der Waals surface area (Å²) in [5, 5.41) is 0. The van der Waals surface area contributed by atoms with Gasteiger partial charge in [0.05, 0.1) is 7.11 Å². The highest BCUT2D eigenvalue weighted by Crippen LogP contribution is 2.30. The summed E-state index contributed by atoms with van der Waals surface area (Å²) in [5.41, 5.74) is 3.08. The molecule has 1 aromatic heterocycles. The van der Waals surface area contributed by atoms with Crippen LogP contribution in [0.25, 0.3) is 10.4 Å². The molecule has 0 aliphatic heterocycles. The lowest BCUT2D eigenvalue weighted by Crippen LogP contribution is -2.07. The van der Waals surface area contributed by atoms with E-state index < -0.39 is 6.16 Å². The molecule has 32 heavy (non-hydrogen) atoms. The molecule has 164 valence electrons. The van der Waals surface area contributed by atoms with Crippen molar-refractivity contribution >= 4 is 39.1 Å². The van der Waals surface area contributed by atoms with Crippen LogP contribution in [0, 0.1) is 3.82 Å². The van der Waals surface area contributed by atoms with Crippen LogP contribution in [0.5, 0.6) is 5.75 Å². The second-order valence-electron chi connectivity index (χ2n) is 6.52. The monoisotopic (exact) mass is 482 g/mol. The van der Waals surface area contributed by atoms with Gasteiger partial charge in [-0.15, -0.1) is 0 Å². The van der Waals surface area contributed by atoms with Crippen LogP contribution in [0.1, 0.15) is 11.1 Å². The van der Waals surface area contributed by atoms with Crippen LogP contribution in [0.3, 0.4) is 0 Å². The second-order valence-corrected chi connectivity index (χ2v) is 9.43.